The summed E-state index contributed by atoms with van der Waals surface area (Å²) in [5, 5.41) is 1.70. The van der Waals surface area contributed by atoms with Crippen LogP contribution in [0, 0.1) is 0 Å². The van der Waals surface area contributed by atoms with Gasteiger partial charge in [0.15, 0.2) is 0 Å². The third-order valence-corrected chi connectivity index (χ3v) is 1.62. The molecule has 0 spiro atoms. The molecule has 1 N–H and O–H groups in total. The predicted octanol–water partition coefficient (Wildman–Crippen LogP) is 2.37. The minimum atomic E-state index is -4.94. The number of ether oxygens (including phenoxy) is 1. The van der Waals surface area contributed by atoms with Crippen molar-refractivity contribution in [3.63, 3.8) is 0 Å². The van der Waals surface area contributed by atoms with E-state index >= 15 is 0 Å². The number of pyridine rings is 1. The van der Waals surface area contributed by atoms with Gasteiger partial charge < -0.3 is 10.1 Å². The second kappa shape index (κ2) is 5.03. The number of amides is 1. The lowest BCUT2D eigenvalue weighted by atomic mass is 10.4. The molecule has 1 aromatic heterocycles. The molecule has 0 fully saturated rings. The molecule has 0 atom stereocenters. The van der Waals surface area contributed by atoms with Gasteiger partial charge in [0, 0.05) is 6.20 Å². The molecular formula is C10H11F3N2O2. The lowest BCUT2D eigenvalue weighted by molar-refractivity contribution is -0.167. The van der Waals surface area contributed by atoms with Crippen molar-refractivity contribution in [3.05, 3.63) is 18.3 Å². The van der Waals surface area contributed by atoms with Gasteiger partial charge in [-0.3, -0.25) is 4.79 Å². The average Bonchev–Trinajstić information content (AvgIpc) is 2.18. The van der Waals surface area contributed by atoms with Gasteiger partial charge in [0.1, 0.15) is 5.69 Å². The maximum Gasteiger partial charge on any atom is 0.471 e. The summed E-state index contributed by atoms with van der Waals surface area (Å²) in [6.45, 7) is 3.40. The molecule has 0 saturated carbocycles. The SMILES string of the molecule is CC(C)Oc1ncccc1NC(=O)C(F)(F)F. The number of alkyl halides is 3. The van der Waals surface area contributed by atoms with Crippen LogP contribution in [0.25, 0.3) is 0 Å². The van der Waals surface area contributed by atoms with E-state index in [9.17, 15) is 18.0 Å². The summed E-state index contributed by atoms with van der Waals surface area (Å²) < 4.78 is 41.3. The van der Waals surface area contributed by atoms with Gasteiger partial charge >= 0.3 is 12.1 Å². The van der Waals surface area contributed by atoms with Crippen molar-refractivity contribution in [3.8, 4) is 5.88 Å². The lowest BCUT2D eigenvalue weighted by Gasteiger charge is -2.14. The van der Waals surface area contributed by atoms with E-state index in [1.165, 1.54) is 18.3 Å². The van der Waals surface area contributed by atoms with Gasteiger partial charge in [0.05, 0.1) is 6.10 Å². The molecule has 0 aliphatic heterocycles. The smallest absolute Gasteiger partial charge is 0.471 e. The molecule has 4 nitrogen and oxygen atoms in total. The Balaban J connectivity index is 2.87. The van der Waals surface area contributed by atoms with E-state index in [4.69, 9.17) is 4.74 Å². The molecule has 0 aromatic carbocycles. The Morgan fingerprint density at radius 2 is 2.12 bits per heavy atom. The van der Waals surface area contributed by atoms with E-state index in [1.807, 2.05) is 0 Å². The number of carbonyl (C=O) groups excluding carboxylic acids is 1. The summed E-state index contributed by atoms with van der Waals surface area (Å²) in [5.74, 6) is -2.10. The van der Waals surface area contributed by atoms with Crippen LogP contribution >= 0.6 is 0 Å². The quantitative estimate of drug-likeness (QED) is 0.893. The van der Waals surface area contributed by atoms with Gasteiger partial charge in [-0.05, 0) is 26.0 Å². The third-order valence-electron chi connectivity index (χ3n) is 1.62. The number of hydrogen-bond donors (Lipinski definition) is 1. The Bertz CT molecular complexity index is 405. The number of rotatable bonds is 3. The summed E-state index contributed by atoms with van der Waals surface area (Å²) >= 11 is 0. The van der Waals surface area contributed by atoms with Crippen LogP contribution in [0.3, 0.4) is 0 Å². The van der Waals surface area contributed by atoms with Crippen LogP contribution in [0.1, 0.15) is 13.8 Å². The standard InChI is InChI=1S/C10H11F3N2O2/c1-6(2)17-8-7(4-3-5-14-8)15-9(16)10(11,12)13/h3-6H,1-2H3,(H,15,16). The Morgan fingerprint density at radius 1 is 1.47 bits per heavy atom. The highest BCUT2D eigenvalue weighted by atomic mass is 19.4. The Morgan fingerprint density at radius 3 is 2.65 bits per heavy atom. The highest BCUT2D eigenvalue weighted by molar-refractivity contribution is 5.95. The van der Waals surface area contributed by atoms with Gasteiger partial charge in [0.25, 0.3) is 0 Å². The average molecular weight is 248 g/mol. The molecule has 0 aliphatic carbocycles. The molecule has 1 heterocycles. The summed E-state index contributed by atoms with van der Waals surface area (Å²) in [6.07, 6.45) is -3.84. The first-order valence-electron chi connectivity index (χ1n) is 4.80. The monoisotopic (exact) mass is 248 g/mol. The summed E-state index contributed by atoms with van der Waals surface area (Å²) in [6, 6.07) is 2.69. The molecule has 7 heteroatoms. The number of nitrogens with zero attached hydrogens (tertiary/aromatic N) is 1. The van der Waals surface area contributed by atoms with Crippen LogP contribution in [0.4, 0.5) is 18.9 Å². The molecule has 17 heavy (non-hydrogen) atoms. The second-order valence-corrected chi connectivity index (χ2v) is 3.47. The van der Waals surface area contributed by atoms with Gasteiger partial charge in [-0.1, -0.05) is 0 Å². The zero-order valence-electron chi connectivity index (χ0n) is 9.21. The molecule has 0 saturated heterocycles. The Hall–Kier alpha value is -1.79. The van der Waals surface area contributed by atoms with Gasteiger partial charge in [0.2, 0.25) is 5.88 Å². The van der Waals surface area contributed by atoms with Crippen LogP contribution < -0.4 is 10.1 Å². The first kappa shape index (κ1) is 13.3. The summed E-state index contributed by atoms with van der Waals surface area (Å²) in [4.78, 5) is 14.5. The fourth-order valence-corrected chi connectivity index (χ4v) is 0.996. The molecule has 1 amide bonds. The topological polar surface area (TPSA) is 51.2 Å². The second-order valence-electron chi connectivity index (χ2n) is 3.47. The van der Waals surface area contributed by atoms with Crippen molar-refractivity contribution >= 4 is 11.6 Å². The minimum Gasteiger partial charge on any atom is -0.473 e. The third kappa shape index (κ3) is 3.93. The zero-order valence-corrected chi connectivity index (χ0v) is 9.21. The van der Waals surface area contributed by atoms with Crippen molar-refractivity contribution in [2.45, 2.75) is 26.1 Å². The van der Waals surface area contributed by atoms with E-state index < -0.39 is 12.1 Å². The number of aromatic nitrogens is 1. The molecule has 94 valence electrons. The lowest BCUT2D eigenvalue weighted by Crippen LogP contribution is -2.30. The largest absolute Gasteiger partial charge is 0.473 e. The van der Waals surface area contributed by atoms with Crippen molar-refractivity contribution in [2.24, 2.45) is 0 Å². The van der Waals surface area contributed by atoms with E-state index in [0.29, 0.717) is 0 Å². The first-order chi connectivity index (χ1) is 7.80. The molecule has 1 aromatic rings. The highest BCUT2D eigenvalue weighted by Gasteiger charge is 2.39. The maximum absolute atomic E-state index is 12.1. The molecule has 0 bridgehead atoms. The van der Waals surface area contributed by atoms with Crippen LogP contribution in [-0.4, -0.2) is 23.2 Å². The van der Waals surface area contributed by atoms with Crippen molar-refractivity contribution < 1.29 is 22.7 Å². The Kier molecular flexibility index (Phi) is 3.93. The fourth-order valence-electron chi connectivity index (χ4n) is 0.996. The molecule has 0 radical (unpaired) electrons. The van der Waals surface area contributed by atoms with Crippen LogP contribution in [-0.2, 0) is 4.79 Å². The van der Waals surface area contributed by atoms with Crippen LogP contribution in [0.2, 0.25) is 0 Å². The first-order valence-corrected chi connectivity index (χ1v) is 4.80. The van der Waals surface area contributed by atoms with Crippen molar-refractivity contribution in [1.29, 1.82) is 0 Å². The highest BCUT2D eigenvalue weighted by Crippen LogP contribution is 2.24. The molecule has 1 rings (SSSR count). The summed E-state index contributed by atoms with van der Waals surface area (Å²) in [7, 11) is 0. The number of carbonyl (C=O) groups is 1. The maximum atomic E-state index is 12.1. The van der Waals surface area contributed by atoms with Crippen molar-refractivity contribution in [1.82, 2.24) is 4.98 Å². The van der Waals surface area contributed by atoms with Crippen LogP contribution in [0.5, 0.6) is 5.88 Å². The van der Waals surface area contributed by atoms with Crippen molar-refractivity contribution in [2.75, 3.05) is 5.32 Å². The van der Waals surface area contributed by atoms with E-state index in [2.05, 4.69) is 4.98 Å². The minimum absolute atomic E-state index is 0.0416. The summed E-state index contributed by atoms with van der Waals surface area (Å²) in [5.41, 5.74) is -0.108. The predicted molar refractivity (Wildman–Crippen MR) is 54.7 cm³/mol. The number of hydrogen-bond acceptors (Lipinski definition) is 3. The molecule has 0 aliphatic rings. The zero-order chi connectivity index (χ0) is 13.1. The van der Waals surface area contributed by atoms with Crippen LogP contribution in [0.15, 0.2) is 18.3 Å². The van der Waals surface area contributed by atoms with Gasteiger partial charge in [-0.25, -0.2) is 4.98 Å². The number of anilines is 1. The van der Waals surface area contributed by atoms with Gasteiger partial charge in [-0.2, -0.15) is 13.2 Å². The van der Waals surface area contributed by atoms with E-state index in [-0.39, 0.29) is 17.7 Å². The Labute approximate surface area is 95.8 Å². The fraction of sp³-hybridized carbons (Fsp3) is 0.400. The normalized spacial score (nSPS) is 11.4. The molecular weight excluding hydrogens is 237 g/mol. The van der Waals surface area contributed by atoms with E-state index in [1.54, 1.807) is 19.2 Å². The van der Waals surface area contributed by atoms with Gasteiger partial charge in [-0.15, -0.1) is 0 Å². The number of halogens is 3. The number of nitrogens with one attached hydrogen (secondary N) is 1. The molecule has 0 unspecified atom stereocenters. The van der Waals surface area contributed by atoms with E-state index in [0.717, 1.165) is 0 Å².